The highest BCUT2D eigenvalue weighted by Crippen LogP contribution is 2.11. The summed E-state index contributed by atoms with van der Waals surface area (Å²) in [6.07, 6.45) is 5.08. The molecule has 5 nitrogen and oxygen atoms in total. The quantitative estimate of drug-likeness (QED) is 0.483. The topological polar surface area (TPSA) is 72.6 Å². The molecule has 0 aliphatic carbocycles. The minimum atomic E-state index is -0.661. The lowest BCUT2D eigenvalue weighted by molar-refractivity contribution is -0.143. The van der Waals surface area contributed by atoms with E-state index in [0.717, 1.165) is 11.0 Å². The summed E-state index contributed by atoms with van der Waals surface area (Å²) in [4.78, 5) is 24.2. The number of benzene rings is 1. The van der Waals surface area contributed by atoms with Gasteiger partial charge in [0, 0.05) is 12.6 Å². The van der Waals surface area contributed by atoms with Crippen molar-refractivity contribution in [3.05, 3.63) is 35.1 Å². The minimum Gasteiger partial charge on any atom is -0.449 e. The number of carbonyl (C=O) groups excluding carboxylic acids is 2. The van der Waals surface area contributed by atoms with Gasteiger partial charge in [-0.1, -0.05) is 5.92 Å². The fraction of sp³-hybridized carbons (Fsp3) is 0.231. The summed E-state index contributed by atoms with van der Waals surface area (Å²) in [7, 11) is 1.40. The molecule has 1 rings (SSSR count). The van der Waals surface area contributed by atoms with Crippen LogP contribution in [0.5, 0.6) is 0 Å². The molecule has 6 heteroatoms. The van der Waals surface area contributed by atoms with Crippen LogP contribution in [0.1, 0.15) is 15.9 Å². The van der Waals surface area contributed by atoms with Gasteiger partial charge >= 0.3 is 5.97 Å². The molecule has 0 aliphatic rings. The normalized spacial score (nSPS) is 9.58. The van der Waals surface area contributed by atoms with Crippen molar-refractivity contribution in [3.63, 3.8) is 0 Å². The summed E-state index contributed by atoms with van der Waals surface area (Å²) < 4.78 is 17.9. The second-order valence-electron chi connectivity index (χ2n) is 3.68. The number of carbonyl (C=O) groups is 2. The molecule has 0 aromatic heterocycles. The molecule has 0 aliphatic heterocycles. The average molecular weight is 264 g/mol. The number of nitrogens with two attached hydrogens (primary N) is 1. The van der Waals surface area contributed by atoms with E-state index in [2.05, 4.69) is 10.7 Å². The van der Waals surface area contributed by atoms with Gasteiger partial charge in [0.05, 0.1) is 5.56 Å². The Labute approximate surface area is 110 Å². The number of nitrogens with zero attached hydrogens (tertiary/aromatic N) is 1. The zero-order valence-electron chi connectivity index (χ0n) is 10.4. The number of likely N-dealkylation sites (N-methyl/N-ethyl adjacent to an activating group) is 1. The monoisotopic (exact) mass is 264 g/mol. The molecule has 100 valence electrons. The van der Waals surface area contributed by atoms with Gasteiger partial charge in [0.2, 0.25) is 0 Å². The van der Waals surface area contributed by atoms with Gasteiger partial charge in [-0.15, -0.1) is 6.42 Å². The second-order valence-corrected chi connectivity index (χ2v) is 3.68. The minimum absolute atomic E-state index is 0.0711. The van der Waals surface area contributed by atoms with Crippen LogP contribution >= 0.6 is 0 Å². The van der Waals surface area contributed by atoms with E-state index in [4.69, 9.17) is 12.2 Å². The lowest BCUT2D eigenvalue weighted by Gasteiger charge is -2.16. The van der Waals surface area contributed by atoms with Gasteiger partial charge < -0.3 is 9.64 Å². The molecule has 0 saturated carbocycles. The van der Waals surface area contributed by atoms with Gasteiger partial charge in [-0.25, -0.2) is 4.39 Å². The van der Waals surface area contributed by atoms with Gasteiger partial charge in [0.1, 0.15) is 19.1 Å². The molecule has 2 N–H and O–H groups in total. The summed E-state index contributed by atoms with van der Waals surface area (Å²) in [6, 6.07) is 3.75. The molecule has 0 bridgehead atoms. The smallest absolute Gasteiger partial charge is 0.326 e. The Hall–Kier alpha value is -2.39. The Balaban J connectivity index is 2.80. The molecule has 1 aromatic rings. The zero-order chi connectivity index (χ0) is 14.4. The third-order valence-electron chi connectivity index (χ3n) is 2.33. The molecule has 19 heavy (non-hydrogen) atoms. The van der Waals surface area contributed by atoms with Gasteiger partial charge in [-0.2, -0.15) is 0 Å². The number of terminal acetylenes is 1. The SMILES string of the molecule is C#Cc1ccc(C(=O)N(C)CC(=O)OCN)cc1F. The summed E-state index contributed by atoms with van der Waals surface area (Å²) in [5.41, 5.74) is 5.20. The van der Waals surface area contributed by atoms with E-state index >= 15 is 0 Å². The second kappa shape index (κ2) is 6.52. The summed E-state index contributed by atoms with van der Waals surface area (Å²) in [6.45, 7) is -0.527. The molecule has 0 saturated heterocycles. The fourth-order valence-electron chi connectivity index (χ4n) is 1.39. The van der Waals surface area contributed by atoms with Crippen molar-refractivity contribution in [2.45, 2.75) is 0 Å². The van der Waals surface area contributed by atoms with Crippen LogP contribution in [0.25, 0.3) is 0 Å². The zero-order valence-corrected chi connectivity index (χ0v) is 10.4. The number of halogens is 1. The van der Waals surface area contributed by atoms with Crippen molar-refractivity contribution >= 4 is 11.9 Å². The predicted molar refractivity (Wildman–Crippen MR) is 66.4 cm³/mol. The summed E-state index contributed by atoms with van der Waals surface area (Å²) in [5.74, 6) is 0.334. The maximum Gasteiger partial charge on any atom is 0.326 e. The Morgan fingerprint density at radius 1 is 1.53 bits per heavy atom. The van der Waals surface area contributed by atoms with E-state index in [9.17, 15) is 14.0 Å². The molecule has 0 heterocycles. The number of ether oxygens (including phenoxy) is 1. The van der Waals surface area contributed by atoms with Crippen LogP contribution in [0.4, 0.5) is 4.39 Å². The van der Waals surface area contributed by atoms with Crippen LogP contribution in [0.3, 0.4) is 0 Å². The number of hydrogen-bond donors (Lipinski definition) is 1. The first kappa shape index (κ1) is 14.7. The van der Waals surface area contributed by atoms with Crippen LogP contribution in [0.2, 0.25) is 0 Å². The molecule has 0 fully saturated rings. The van der Waals surface area contributed by atoms with Crippen molar-refractivity contribution in [2.24, 2.45) is 5.73 Å². The van der Waals surface area contributed by atoms with Crippen LogP contribution in [-0.2, 0) is 9.53 Å². The van der Waals surface area contributed by atoms with Gasteiger partial charge in [0.25, 0.3) is 5.91 Å². The maximum atomic E-state index is 13.4. The highest BCUT2D eigenvalue weighted by Gasteiger charge is 2.16. The van der Waals surface area contributed by atoms with Crippen LogP contribution < -0.4 is 5.73 Å². The van der Waals surface area contributed by atoms with Gasteiger partial charge in [-0.3, -0.25) is 15.3 Å². The first-order valence-electron chi connectivity index (χ1n) is 5.37. The fourth-order valence-corrected chi connectivity index (χ4v) is 1.39. The molecule has 0 atom stereocenters. The molecule has 1 amide bonds. The summed E-state index contributed by atoms with van der Waals surface area (Å²) >= 11 is 0. The number of hydrogen-bond acceptors (Lipinski definition) is 4. The Morgan fingerprint density at radius 2 is 2.21 bits per heavy atom. The molecule has 1 aromatic carbocycles. The van der Waals surface area contributed by atoms with Crippen LogP contribution in [0, 0.1) is 18.2 Å². The summed E-state index contributed by atoms with van der Waals surface area (Å²) in [5, 5.41) is 0. The Bertz CT molecular complexity index is 537. The highest BCUT2D eigenvalue weighted by molar-refractivity contribution is 5.95. The molecule has 0 spiro atoms. The van der Waals surface area contributed by atoms with Crippen molar-refractivity contribution < 1.29 is 18.7 Å². The molecular weight excluding hydrogens is 251 g/mol. The average Bonchev–Trinajstić information content (AvgIpc) is 2.37. The van der Waals surface area contributed by atoms with E-state index in [0.29, 0.717) is 0 Å². The van der Waals surface area contributed by atoms with Gasteiger partial charge in [0.15, 0.2) is 0 Å². The first-order chi connectivity index (χ1) is 8.99. The van der Waals surface area contributed by atoms with Crippen molar-refractivity contribution in [3.8, 4) is 12.3 Å². The number of rotatable bonds is 4. The van der Waals surface area contributed by atoms with E-state index in [1.807, 2.05) is 0 Å². The third kappa shape index (κ3) is 3.79. The number of amides is 1. The van der Waals surface area contributed by atoms with E-state index < -0.39 is 17.7 Å². The highest BCUT2D eigenvalue weighted by atomic mass is 19.1. The lowest BCUT2D eigenvalue weighted by Crippen LogP contribution is -2.33. The van der Waals surface area contributed by atoms with Crippen molar-refractivity contribution in [1.29, 1.82) is 0 Å². The Morgan fingerprint density at radius 3 is 2.74 bits per heavy atom. The largest absolute Gasteiger partial charge is 0.449 e. The van der Waals surface area contributed by atoms with Crippen LogP contribution in [0.15, 0.2) is 18.2 Å². The van der Waals surface area contributed by atoms with E-state index in [1.165, 1.54) is 19.2 Å². The van der Waals surface area contributed by atoms with E-state index in [-0.39, 0.29) is 24.4 Å². The molecular formula is C13H13FN2O3. The molecule has 0 unspecified atom stereocenters. The first-order valence-corrected chi connectivity index (χ1v) is 5.37. The Kier molecular flexibility index (Phi) is 5.03. The predicted octanol–water partition coefficient (Wildman–Crippen LogP) is 0.338. The number of esters is 1. The van der Waals surface area contributed by atoms with Crippen molar-refractivity contribution in [2.75, 3.05) is 20.3 Å². The maximum absolute atomic E-state index is 13.4. The standard InChI is InChI=1S/C13H13FN2O3/c1-3-9-4-5-10(6-11(9)14)13(18)16(2)7-12(17)19-8-15/h1,4-6H,7-8,15H2,2H3. The van der Waals surface area contributed by atoms with E-state index in [1.54, 1.807) is 0 Å². The lowest BCUT2D eigenvalue weighted by atomic mass is 10.1. The van der Waals surface area contributed by atoms with Gasteiger partial charge in [-0.05, 0) is 18.2 Å². The third-order valence-corrected chi connectivity index (χ3v) is 2.33. The molecule has 0 radical (unpaired) electrons. The van der Waals surface area contributed by atoms with Crippen molar-refractivity contribution in [1.82, 2.24) is 4.90 Å². The van der Waals surface area contributed by atoms with Crippen LogP contribution in [-0.4, -0.2) is 37.1 Å².